The average Bonchev–Trinajstić information content (AvgIpc) is 2.27. The molecule has 0 spiro atoms. The Balaban J connectivity index is 2.46. The van der Waals surface area contributed by atoms with Gasteiger partial charge < -0.3 is 9.80 Å². The standard InChI is InChI=1S/C11H21ClN2O/c1-3-14(11(15)8-12)9-10-6-4-5-7-13(10)2/h10H,3-9H2,1-2H3/t10-/m1/s1. The van der Waals surface area contributed by atoms with Crippen molar-refractivity contribution in [3.63, 3.8) is 0 Å². The van der Waals surface area contributed by atoms with Crippen molar-refractivity contribution < 1.29 is 4.79 Å². The van der Waals surface area contributed by atoms with Gasteiger partial charge in [-0.2, -0.15) is 0 Å². The smallest absolute Gasteiger partial charge is 0.237 e. The molecule has 88 valence electrons. The maximum Gasteiger partial charge on any atom is 0.237 e. The molecule has 1 aliphatic rings. The lowest BCUT2D eigenvalue weighted by Gasteiger charge is -2.35. The molecule has 0 radical (unpaired) electrons. The highest BCUT2D eigenvalue weighted by Crippen LogP contribution is 2.16. The third kappa shape index (κ3) is 3.65. The summed E-state index contributed by atoms with van der Waals surface area (Å²) in [5.41, 5.74) is 0. The fourth-order valence-electron chi connectivity index (χ4n) is 2.12. The lowest BCUT2D eigenvalue weighted by atomic mass is 10.0. The number of carbonyl (C=O) groups excluding carboxylic acids is 1. The van der Waals surface area contributed by atoms with Crippen molar-refractivity contribution >= 4 is 17.5 Å². The summed E-state index contributed by atoms with van der Waals surface area (Å²) < 4.78 is 0. The molecule has 4 heteroatoms. The Hall–Kier alpha value is -0.280. The second kappa shape index (κ2) is 6.33. The van der Waals surface area contributed by atoms with Gasteiger partial charge in [0.25, 0.3) is 0 Å². The summed E-state index contributed by atoms with van der Waals surface area (Å²) in [5, 5.41) is 0. The van der Waals surface area contributed by atoms with Gasteiger partial charge in [0.15, 0.2) is 0 Å². The minimum atomic E-state index is 0.0538. The fraction of sp³-hybridized carbons (Fsp3) is 0.909. The summed E-state index contributed by atoms with van der Waals surface area (Å²) in [4.78, 5) is 15.7. The summed E-state index contributed by atoms with van der Waals surface area (Å²) in [6.07, 6.45) is 3.76. The van der Waals surface area contributed by atoms with Crippen molar-refractivity contribution in [2.24, 2.45) is 0 Å². The number of likely N-dealkylation sites (tertiary alicyclic amines) is 1. The zero-order valence-corrected chi connectivity index (χ0v) is 10.5. The number of alkyl halides is 1. The molecule has 1 amide bonds. The SMILES string of the molecule is CCN(C[C@H]1CCCCN1C)C(=O)CCl. The highest BCUT2D eigenvalue weighted by atomic mass is 35.5. The van der Waals surface area contributed by atoms with Crippen LogP contribution in [0.4, 0.5) is 0 Å². The van der Waals surface area contributed by atoms with E-state index in [-0.39, 0.29) is 11.8 Å². The number of piperidine rings is 1. The van der Waals surface area contributed by atoms with Crippen LogP contribution in [0.5, 0.6) is 0 Å². The van der Waals surface area contributed by atoms with Gasteiger partial charge >= 0.3 is 0 Å². The predicted octanol–water partition coefficient (Wildman–Crippen LogP) is 1.56. The van der Waals surface area contributed by atoms with Crippen molar-refractivity contribution in [1.29, 1.82) is 0 Å². The van der Waals surface area contributed by atoms with E-state index in [0.717, 1.165) is 19.6 Å². The molecule has 1 atom stereocenters. The summed E-state index contributed by atoms with van der Waals surface area (Å²) in [5.74, 6) is 0.155. The number of likely N-dealkylation sites (N-methyl/N-ethyl adjacent to an activating group) is 2. The number of hydrogen-bond acceptors (Lipinski definition) is 2. The summed E-state index contributed by atoms with van der Waals surface area (Å²) in [6, 6.07) is 0.519. The third-order valence-electron chi connectivity index (χ3n) is 3.20. The Kier molecular flexibility index (Phi) is 5.40. The molecule has 0 bridgehead atoms. The number of amides is 1. The van der Waals surface area contributed by atoms with Crippen LogP contribution >= 0.6 is 11.6 Å². The summed E-state index contributed by atoms with van der Waals surface area (Å²) in [7, 11) is 2.14. The van der Waals surface area contributed by atoms with Crippen LogP contribution in [-0.2, 0) is 4.79 Å². The van der Waals surface area contributed by atoms with Crippen LogP contribution in [0.3, 0.4) is 0 Å². The molecule has 0 aliphatic carbocycles. The van der Waals surface area contributed by atoms with Gasteiger partial charge in [-0.05, 0) is 33.4 Å². The van der Waals surface area contributed by atoms with E-state index in [9.17, 15) is 4.79 Å². The van der Waals surface area contributed by atoms with Crippen LogP contribution in [0.25, 0.3) is 0 Å². The van der Waals surface area contributed by atoms with Gasteiger partial charge in [0, 0.05) is 19.1 Å². The van der Waals surface area contributed by atoms with Crippen LogP contribution < -0.4 is 0 Å². The van der Waals surface area contributed by atoms with Crippen LogP contribution in [-0.4, -0.2) is 54.3 Å². The summed E-state index contributed by atoms with van der Waals surface area (Å²) >= 11 is 5.57. The zero-order valence-electron chi connectivity index (χ0n) is 9.71. The maximum atomic E-state index is 11.5. The first kappa shape index (κ1) is 12.8. The molecule has 3 nitrogen and oxygen atoms in total. The minimum Gasteiger partial charge on any atom is -0.340 e. The Morgan fingerprint density at radius 2 is 2.27 bits per heavy atom. The highest BCUT2D eigenvalue weighted by Gasteiger charge is 2.22. The zero-order chi connectivity index (χ0) is 11.3. The van der Waals surface area contributed by atoms with E-state index < -0.39 is 0 Å². The maximum absolute atomic E-state index is 11.5. The molecule has 1 saturated heterocycles. The molecule has 0 saturated carbocycles. The number of carbonyl (C=O) groups is 1. The van der Waals surface area contributed by atoms with Crippen LogP contribution in [0.15, 0.2) is 0 Å². The van der Waals surface area contributed by atoms with E-state index in [1.165, 1.54) is 19.3 Å². The number of hydrogen-bond donors (Lipinski definition) is 0. The summed E-state index contributed by atoms with van der Waals surface area (Å²) in [6.45, 7) is 4.75. The Morgan fingerprint density at radius 1 is 1.53 bits per heavy atom. The molecule has 0 aromatic heterocycles. The molecule has 0 N–H and O–H groups in total. The fourth-order valence-corrected chi connectivity index (χ4v) is 2.29. The number of rotatable bonds is 4. The highest BCUT2D eigenvalue weighted by molar-refractivity contribution is 6.27. The largest absolute Gasteiger partial charge is 0.340 e. The van der Waals surface area contributed by atoms with Crippen LogP contribution in [0.2, 0.25) is 0 Å². The first-order valence-corrected chi connectivity index (χ1v) is 6.26. The van der Waals surface area contributed by atoms with Gasteiger partial charge in [0.1, 0.15) is 5.88 Å². The molecule has 0 unspecified atom stereocenters. The molecule has 1 heterocycles. The van der Waals surface area contributed by atoms with Crippen molar-refractivity contribution in [2.75, 3.05) is 32.6 Å². The molecule has 0 aromatic rings. The van der Waals surface area contributed by atoms with Gasteiger partial charge in [0.2, 0.25) is 5.91 Å². The molecular formula is C11H21ClN2O. The van der Waals surface area contributed by atoms with Gasteiger partial charge in [0.05, 0.1) is 0 Å². The quantitative estimate of drug-likeness (QED) is 0.687. The first-order valence-electron chi connectivity index (χ1n) is 5.73. The van der Waals surface area contributed by atoms with Gasteiger partial charge in [-0.1, -0.05) is 6.42 Å². The molecule has 1 aliphatic heterocycles. The molecular weight excluding hydrogens is 212 g/mol. The van der Waals surface area contributed by atoms with E-state index in [2.05, 4.69) is 11.9 Å². The first-order chi connectivity index (χ1) is 7.19. The number of halogens is 1. The van der Waals surface area contributed by atoms with E-state index in [4.69, 9.17) is 11.6 Å². The van der Waals surface area contributed by atoms with Crippen LogP contribution in [0.1, 0.15) is 26.2 Å². The van der Waals surface area contributed by atoms with Crippen molar-refractivity contribution in [2.45, 2.75) is 32.2 Å². The lowest BCUT2D eigenvalue weighted by molar-refractivity contribution is -0.129. The number of nitrogens with zero attached hydrogens (tertiary/aromatic N) is 2. The monoisotopic (exact) mass is 232 g/mol. The molecule has 0 aromatic carbocycles. The second-order valence-electron chi connectivity index (χ2n) is 4.20. The Labute approximate surface area is 97.4 Å². The molecule has 1 fully saturated rings. The topological polar surface area (TPSA) is 23.6 Å². The molecule has 15 heavy (non-hydrogen) atoms. The van der Waals surface area contributed by atoms with E-state index in [1.807, 2.05) is 11.8 Å². The Bertz CT molecular complexity index is 211. The van der Waals surface area contributed by atoms with Gasteiger partial charge in [-0.15, -0.1) is 11.6 Å². The van der Waals surface area contributed by atoms with Crippen molar-refractivity contribution in [3.05, 3.63) is 0 Å². The minimum absolute atomic E-state index is 0.0538. The lowest BCUT2D eigenvalue weighted by Crippen LogP contribution is -2.46. The normalized spacial score (nSPS) is 22.7. The van der Waals surface area contributed by atoms with E-state index in [1.54, 1.807) is 0 Å². The molecule has 1 rings (SSSR count). The average molecular weight is 233 g/mol. The van der Waals surface area contributed by atoms with Crippen molar-refractivity contribution in [3.8, 4) is 0 Å². The van der Waals surface area contributed by atoms with Gasteiger partial charge in [-0.3, -0.25) is 4.79 Å². The van der Waals surface area contributed by atoms with Gasteiger partial charge in [-0.25, -0.2) is 0 Å². The Morgan fingerprint density at radius 3 is 2.80 bits per heavy atom. The van der Waals surface area contributed by atoms with E-state index >= 15 is 0 Å². The van der Waals surface area contributed by atoms with Crippen molar-refractivity contribution in [1.82, 2.24) is 9.80 Å². The second-order valence-corrected chi connectivity index (χ2v) is 4.46. The third-order valence-corrected chi connectivity index (χ3v) is 3.43. The predicted molar refractivity (Wildman–Crippen MR) is 63.2 cm³/mol. The van der Waals surface area contributed by atoms with E-state index in [0.29, 0.717) is 6.04 Å². The van der Waals surface area contributed by atoms with Crippen LogP contribution in [0, 0.1) is 0 Å².